The van der Waals surface area contributed by atoms with Gasteiger partial charge in [0.1, 0.15) is 0 Å². The summed E-state index contributed by atoms with van der Waals surface area (Å²) < 4.78 is 12.9. The molecule has 1 N–H and O–H groups in total. The summed E-state index contributed by atoms with van der Waals surface area (Å²) in [6.45, 7) is 2.47. The fourth-order valence-corrected chi connectivity index (χ4v) is 4.36. The summed E-state index contributed by atoms with van der Waals surface area (Å²) in [4.78, 5) is 17.8. The molecule has 4 rings (SSSR count). The van der Waals surface area contributed by atoms with E-state index in [0.29, 0.717) is 35.8 Å². The monoisotopic (exact) mass is 382 g/mol. The first-order valence-corrected chi connectivity index (χ1v) is 9.80. The number of nitrogens with zero attached hydrogens (tertiary/aromatic N) is 2. The lowest BCUT2D eigenvalue weighted by Gasteiger charge is -2.37. The highest BCUT2D eigenvalue weighted by Gasteiger charge is 2.37. The van der Waals surface area contributed by atoms with Crippen molar-refractivity contribution in [2.24, 2.45) is 12.0 Å². The maximum Gasteiger partial charge on any atom is 0.259 e. The number of aromatic nitrogens is 1. The first kappa shape index (κ1) is 18.7. The molecule has 1 aromatic carbocycles. The normalized spacial score (nSPS) is 23.4. The molecule has 0 radical (unpaired) electrons. The van der Waals surface area contributed by atoms with Crippen molar-refractivity contribution in [3.8, 4) is 11.5 Å². The van der Waals surface area contributed by atoms with Crippen LogP contribution in [0.5, 0.6) is 11.5 Å². The molecule has 0 unspecified atom stereocenters. The second kappa shape index (κ2) is 7.43. The highest BCUT2D eigenvalue weighted by atomic mass is 16.5. The van der Waals surface area contributed by atoms with Gasteiger partial charge in [0.25, 0.3) is 5.56 Å². The second-order valence-electron chi connectivity index (χ2n) is 7.48. The van der Waals surface area contributed by atoms with Gasteiger partial charge >= 0.3 is 0 Å². The van der Waals surface area contributed by atoms with Crippen LogP contribution in [0.4, 0.5) is 0 Å². The number of rotatable bonds is 4. The molecule has 6 nitrogen and oxygen atoms in total. The molecule has 2 aromatic rings. The Hall–Kier alpha value is -2.60. The van der Waals surface area contributed by atoms with E-state index in [9.17, 15) is 9.90 Å². The Morgan fingerprint density at radius 1 is 1.25 bits per heavy atom. The molecule has 3 atom stereocenters. The third-order valence-electron chi connectivity index (χ3n) is 5.75. The molecule has 1 aromatic heterocycles. The van der Waals surface area contributed by atoms with Gasteiger partial charge in [-0.25, -0.2) is 0 Å². The zero-order valence-electron chi connectivity index (χ0n) is 16.5. The second-order valence-corrected chi connectivity index (χ2v) is 7.48. The van der Waals surface area contributed by atoms with Gasteiger partial charge in [0, 0.05) is 24.7 Å². The standard InChI is InChI=1S/C22H26N2O4/c1-4-28-20-11-15-16-10-13(25)7-8-18(16)23-21(17(15)12-19(20)27-3)14-6-5-9-24(2)22(14)26/h5-6,9,11-13,16,18,25H,4,7-8,10H2,1-3H3/t13-,16-,18-/m1/s1. The molecule has 1 saturated carbocycles. The Kier molecular flexibility index (Phi) is 4.98. The van der Waals surface area contributed by atoms with E-state index in [0.717, 1.165) is 24.0 Å². The van der Waals surface area contributed by atoms with Gasteiger partial charge in [-0.1, -0.05) is 0 Å². The molecule has 1 aliphatic carbocycles. The number of hydrogen-bond donors (Lipinski definition) is 1. The van der Waals surface area contributed by atoms with Crippen LogP contribution in [-0.2, 0) is 7.05 Å². The van der Waals surface area contributed by atoms with Crippen LogP contribution in [0.1, 0.15) is 48.8 Å². The molecule has 28 heavy (non-hydrogen) atoms. The smallest absolute Gasteiger partial charge is 0.259 e. The molecule has 0 spiro atoms. The van der Waals surface area contributed by atoms with E-state index in [-0.39, 0.29) is 23.6 Å². The molecule has 1 fully saturated rings. The summed E-state index contributed by atoms with van der Waals surface area (Å²) in [6.07, 6.45) is 3.62. The number of aliphatic hydroxyl groups excluding tert-OH is 1. The first-order valence-electron chi connectivity index (χ1n) is 9.80. The number of aliphatic imine (C=N–C) groups is 1. The van der Waals surface area contributed by atoms with E-state index >= 15 is 0 Å². The molecule has 1 aliphatic heterocycles. The molecule has 2 heterocycles. The summed E-state index contributed by atoms with van der Waals surface area (Å²) in [5.74, 6) is 1.42. The predicted molar refractivity (Wildman–Crippen MR) is 108 cm³/mol. The zero-order chi connectivity index (χ0) is 19.8. The molecule has 0 bridgehead atoms. The van der Waals surface area contributed by atoms with E-state index in [1.807, 2.05) is 31.2 Å². The van der Waals surface area contributed by atoms with Crippen LogP contribution in [0.2, 0.25) is 0 Å². The van der Waals surface area contributed by atoms with Gasteiger partial charge < -0.3 is 19.1 Å². The Bertz CT molecular complexity index is 979. The number of hydrogen-bond acceptors (Lipinski definition) is 5. The van der Waals surface area contributed by atoms with Gasteiger partial charge in [-0.15, -0.1) is 0 Å². The van der Waals surface area contributed by atoms with Crippen molar-refractivity contribution in [2.45, 2.75) is 44.2 Å². The van der Waals surface area contributed by atoms with Crippen LogP contribution in [0.3, 0.4) is 0 Å². The number of methoxy groups -OCH3 is 1. The number of fused-ring (bicyclic) bond motifs is 3. The van der Waals surface area contributed by atoms with Crippen molar-refractivity contribution < 1.29 is 14.6 Å². The number of ether oxygens (including phenoxy) is 2. The summed E-state index contributed by atoms with van der Waals surface area (Å²) >= 11 is 0. The minimum absolute atomic E-state index is 0.0543. The molecular weight excluding hydrogens is 356 g/mol. The predicted octanol–water partition coefficient (Wildman–Crippen LogP) is 2.64. The van der Waals surface area contributed by atoms with Gasteiger partial charge in [-0.2, -0.15) is 0 Å². The highest BCUT2D eigenvalue weighted by molar-refractivity contribution is 6.14. The lowest BCUT2D eigenvalue weighted by molar-refractivity contribution is 0.111. The van der Waals surface area contributed by atoms with Crippen molar-refractivity contribution >= 4 is 5.71 Å². The molecule has 6 heteroatoms. The van der Waals surface area contributed by atoms with E-state index in [1.165, 1.54) is 0 Å². The lowest BCUT2D eigenvalue weighted by Crippen LogP contribution is -2.36. The molecule has 0 saturated heterocycles. The Labute approximate surface area is 164 Å². The Morgan fingerprint density at radius 2 is 2.07 bits per heavy atom. The molecular formula is C22H26N2O4. The van der Waals surface area contributed by atoms with Crippen molar-refractivity contribution in [3.05, 3.63) is 57.5 Å². The molecule has 148 valence electrons. The van der Waals surface area contributed by atoms with Gasteiger partial charge in [-0.3, -0.25) is 9.79 Å². The fourth-order valence-electron chi connectivity index (χ4n) is 4.36. The van der Waals surface area contributed by atoms with Gasteiger partial charge in [-0.05, 0) is 56.0 Å². The topological polar surface area (TPSA) is 73.0 Å². The maximum atomic E-state index is 12.8. The SMILES string of the molecule is CCOc1cc2c(cc1OC)C(c1cccn(C)c1=O)=N[C@@H]1CC[C@@H](O)C[C@H]21. The third-order valence-corrected chi connectivity index (χ3v) is 5.75. The van der Waals surface area contributed by atoms with Crippen LogP contribution in [-0.4, -0.2) is 41.2 Å². The van der Waals surface area contributed by atoms with Crippen molar-refractivity contribution in [2.75, 3.05) is 13.7 Å². The van der Waals surface area contributed by atoms with E-state index in [2.05, 4.69) is 0 Å². The summed E-state index contributed by atoms with van der Waals surface area (Å²) in [5, 5.41) is 10.3. The minimum Gasteiger partial charge on any atom is -0.493 e. The lowest BCUT2D eigenvalue weighted by atomic mass is 9.74. The summed E-state index contributed by atoms with van der Waals surface area (Å²) in [5.41, 5.74) is 3.18. The van der Waals surface area contributed by atoms with Crippen LogP contribution in [0.15, 0.2) is 40.2 Å². The van der Waals surface area contributed by atoms with Crippen LogP contribution < -0.4 is 15.0 Å². The number of pyridine rings is 1. The van der Waals surface area contributed by atoms with Crippen LogP contribution >= 0.6 is 0 Å². The van der Waals surface area contributed by atoms with E-state index < -0.39 is 0 Å². The zero-order valence-corrected chi connectivity index (χ0v) is 16.5. The van der Waals surface area contributed by atoms with Gasteiger partial charge in [0.05, 0.1) is 37.1 Å². The quantitative estimate of drug-likeness (QED) is 0.882. The average molecular weight is 382 g/mol. The fraction of sp³-hybridized carbons (Fsp3) is 0.455. The maximum absolute atomic E-state index is 12.8. The Morgan fingerprint density at radius 3 is 2.82 bits per heavy atom. The average Bonchev–Trinajstić information content (AvgIpc) is 2.69. The van der Waals surface area contributed by atoms with Crippen molar-refractivity contribution in [3.63, 3.8) is 0 Å². The highest BCUT2D eigenvalue weighted by Crippen LogP contribution is 2.44. The van der Waals surface area contributed by atoms with E-state index in [1.54, 1.807) is 24.9 Å². The van der Waals surface area contributed by atoms with Gasteiger partial charge in [0.15, 0.2) is 11.5 Å². The Balaban J connectivity index is 1.94. The first-order chi connectivity index (χ1) is 13.5. The van der Waals surface area contributed by atoms with Gasteiger partial charge in [0.2, 0.25) is 0 Å². The number of benzene rings is 1. The third kappa shape index (κ3) is 3.11. The number of aryl methyl sites for hydroxylation is 1. The van der Waals surface area contributed by atoms with Crippen LogP contribution in [0, 0.1) is 0 Å². The largest absolute Gasteiger partial charge is 0.493 e. The summed E-state index contributed by atoms with van der Waals surface area (Å²) in [7, 11) is 3.35. The van der Waals surface area contributed by atoms with Crippen molar-refractivity contribution in [1.29, 1.82) is 0 Å². The molecule has 0 amide bonds. The summed E-state index contributed by atoms with van der Waals surface area (Å²) in [6, 6.07) is 7.67. The van der Waals surface area contributed by atoms with Crippen LogP contribution in [0.25, 0.3) is 0 Å². The van der Waals surface area contributed by atoms with Crippen molar-refractivity contribution in [1.82, 2.24) is 4.57 Å². The minimum atomic E-state index is -0.326. The number of aliphatic hydroxyl groups is 1. The molecule has 2 aliphatic rings. The van der Waals surface area contributed by atoms with E-state index in [4.69, 9.17) is 14.5 Å².